The highest BCUT2D eigenvalue weighted by atomic mass is 16.5. The van der Waals surface area contributed by atoms with Crippen molar-refractivity contribution in [3.8, 4) is 23.1 Å². The lowest BCUT2D eigenvalue weighted by Crippen LogP contribution is -2.24. The quantitative estimate of drug-likeness (QED) is 0.811. The van der Waals surface area contributed by atoms with Gasteiger partial charge < -0.3 is 4.74 Å². The van der Waals surface area contributed by atoms with Crippen molar-refractivity contribution in [1.82, 2.24) is 15.0 Å². The first kappa shape index (κ1) is 15.4. The Kier molecular flexibility index (Phi) is 4.36. The summed E-state index contributed by atoms with van der Waals surface area (Å²) in [4.78, 5) is 0. The maximum Gasteiger partial charge on any atom is 0.113 e. The SMILES string of the molecule is Cc1ccc(C#CC2CC2)cc1-c1cn(C[C@H]2CCCCO2)nn1. The largest absolute Gasteiger partial charge is 0.376 e. The van der Waals surface area contributed by atoms with Gasteiger partial charge in [-0.25, -0.2) is 4.68 Å². The van der Waals surface area contributed by atoms with Gasteiger partial charge in [-0.2, -0.15) is 0 Å². The summed E-state index contributed by atoms with van der Waals surface area (Å²) in [5.74, 6) is 7.23. The third-order valence-electron chi connectivity index (χ3n) is 4.71. The third-order valence-corrected chi connectivity index (χ3v) is 4.71. The maximum atomic E-state index is 5.79. The van der Waals surface area contributed by atoms with Gasteiger partial charge in [-0.05, 0) is 56.7 Å². The molecule has 0 bridgehead atoms. The Bertz CT molecular complexity index is 774. The molecule has 1 aliphatic heterocycles. The molecule has 1 aromatic heterocycles. The minimum atomic E-state index is 0.269. The van der Waals surface area contributed by atoms with E-state index in [9.17, 15) is 0 Å². The summed E-state index contributed by atoms with van der Waals surface area (Å²) in [7, 11) is 0. The molecule has 0 unspecified atom stereocenters. The van der Waals surface area contributed by atoms with E-state index in [4.69, 9.17) is 4.74 Å². The van der Waals surface area contributed by atoms with Gasteiger partial charge in [0, 0.05) is 23.7 Å². The molecule has 2 fully saturated rings. The van der Waals surface area contributed by atoms with Crippen molar-refractivity contribution >= 4 is 0 Å². The Morgan fingerprint density at radius 3 is 2.96 bits per heavy atom. The molecular weight excluding hydrogens is 298 g/mol. The van der Waals surface area contributed by atoms with Crippen LogP contribution in [0.1, 0.15) is 43.2 Å². The summed E-state index contributed by atoms with van der Waals surface area (Å²) >= 11 is 0. The fourth-order valence-corrected chi connectivity index (χ4v) is 3.06. The minimum absolute atomic E-state index is 0.269. The second kappa shape index (κ2) is 6.78. The molecule has 1 atom stereocenters. The van der Waals surface area contributed by atoms with E-state index in [1.807, 2.05) is 10.9 Å². The summed E-state index contributed by atoms with van der Waals surface area (Å²) in [6.07, 6.45) is 8.33. The van der Waals surface area contributed by atoms with Gasteiger partial charge in [0.25, 0.3) is 0 Å². The number of rotatable bonds is 3. The van der Waals surface area contributed by atoms with Gasteiger partial charge in [-0.3, -0.25) is 0 Å². The first-order valence-electron chi connectivity index (χ1n) is 8.92. The van der Waals surface area contributed by atoms with Crippen molar-refractivity contribution < 1.29 is 4.74 Å². The molecule has 4 heteroatoms. The van der Waals surface area contributed by atoms with E-state index in [1.165, 1.54) is 31.2 Å². The molecule has 1 saturated heterocycles. The molecule has 0 N–H and O–H groups in total. The zero-order valence-electron chi connectivity index (χ0n) is 14.2. The van der Waals surface area contributed by atoms with Crippen molar-refractivity contribution in [3.63, 3.8) is 0 Å². The number of hydrogen-bond donors (Lipinski definition) is 0. The highest BCUT2D eigenvalue weighted by molar-refractivity contribution is 5.65. The second-order valence-electron chi connectivity index (χ2n) is 6.89. The van der Waals surface area contributed by atoms with E-state index in [2.05, 4.69) is 47.3 Å². The third kappa shape index (κ3) is 3.68. The van der Waals surface area contributed by atoms with Crippen LogP contribution in [0.4, 0.5) is 0 Å². The summed E-state index contributed by atoms with van der Waals surface area (Å²) < 4.78 is 7.70. The molecule has 0 radical (unpaired) electrons. The highest BCUT2D eigenvalue weighted by Crippen LogP contribution is 2.28. The molecule has 1 aliphatic carbocycles. The Labute approximate surface area is 143 Å². The topological polar surface area (TPSA) is 39.9 Å². The van der Waals surface area contributed by atoms with Crippen LogP contribution in [0.25, 0.3) is 11.3 Å². The van der Waals surface area contributed by atoms with Crippen LogP contribution in [-0.2, 0) is 11.3 Å². The van der Waals surface area contributed by atoms with Crippen LogP contribution in [0, 0.1) is 24.7 Å². The zero-order chi connectivity index (χ0) is 16.4. The Morgan fingerprint density at radius 2 is 2.17 bits per heavy atom. The van der Waals surface area contributed by atoms with Crippen LogP contribution in [0.3, 0.4) is 0 Å². The fourth-order valence-electron chi connectivity index (χ4n) is 3.06. The molecular formula is C20H23N3O. The van der Waals surface area contributed by atoms with Crippen molar-refractivity contribution in [3.05, 3.63) is 35.5 Å². The number of nitrogens with zero attached hydrogens (tertiary/aromatic N) is 3. The summed E-state index contributed by atoms with van der Waals surface area (Å²) in [6, 6.07) is 6.35. The van der Waals surface area contributed by atoms with E-state index < -0.39 is 0 Å². The molecule has 4 nitrogen and oxygen atoms in total. The summed E-state index contributed by atoms with van der Waals surface area (Å²) in [5, 5.41) is 8.66. The Morgan fingerprint density at radius 1 is 1.25 bits per heavy atom. The normalized spacial score (nSPS) is 20.5. The number of ether oxygens (including phenoxy) is 1. The standard InChI is InChI=1S/C20H23N3O/c1-15-5-6-17(10-9-16-7-8-16)12-19(15)20-14-23(22-21-20)13-18-4-2-3-11-24-18/h5-6,12,14,16,18H,2-4,7-8,11,13H2,1H3/t18-/m1/s1. The van der Waals surface area contributed by atoms with E-state index >= 15 is 0 Å². The maximum absolute atomic E-state index is 5.79. The van der Waals surface area contributed by atoms with Gasteiger partial charge in [-0.1, -0.05) is 23.1 Å². The second-order valence-corrected chi connectivity index (χ2v) is 6.89. The van der Waals surface area contributed by atoms with Crippen LogP contribution in [0.2, 0.25) is 0 Å². The lowest BCUT2D eigenvalue weighted by Gasteiger charge is -2.21. The van der Waals surface area contributed by atoms with E-state index in [-0.39, 0.29) is 6.10 Å². The van der Waals surface area contributed by atoms with E-state index in [1.54, 1.807) is 0 Å². The van der Waals surface area contributed by atoms with Crippen LogP contribution in [-0.4, -0.2) is 27.7 Å². The first-order chi connectivity index (χ1) is 11.8. The predicted molar refractivity (Wildman–Crippen MR) is 93.4 cm³/mol. The zero-order valence-corrected chi connectivity index (χ0v) is 14.2. The Balaban J connectivity index is 1.52. The van der Waals surface area contributed by atoms with Gasteiger partial charge in [0.15, 0.2) is 0 Å². The lowest BCUT2D eigenvalue weighted by atomic mass is 10.0. The predicted octanol–water partition coefficient (Wildman–Crippen LogP) is 3.58. The number of aromatic nitrogens is 3. The molecule has 1 saturated carbocycles. The van der Waals surface area contributed by atoms with E-state index in [0.29, 0.717) is 5.92 Å². The molecule has 2 aromatic rings. The fraction of sp³-hybridized carbons (Fsp3) is 0.500. The Hall–Kier alpha value is -2.12. The van der Waals surface area contributed by atoms with Gasteiger partial charge in [0.1, 0.15) is 5.69 Å². The van der Waals surface area contributed by atoms with Crippen LogP contribution < -0.4 is 0 Å². The monoisotopic (exact) mass is 321 g/mol. The van der Waals surface area contributed by atoms with E-state index in [0.717, 1.165) is 36.4 Å². The minimum Gasteiger partial charge on any atom is -0.376 e. The van der Waals surface area contributed by atoms with Crippen molar-refractivity contribution in [2.45, 2.75) is 51.7 Å². The average molecular weight is 321 g/mol. The number of hydrogen-bond acceptors (Lipinski definition) is 3. The molecule has 2 heterocycles. The number of benzene rings is 1. The molecule has 0 amide bonds. The molecule has 0 spiro atoms. The highest BCUT2D eigenvalue weighted by Gasteiger charge is 2.18. The molecule has 2 aliphatic rings. The van der Waals surface area contributed by atoms with Crippen LogP contribution >= 0.6 is 0 Å². The van der Waals surface area contributed by atoms with Gasteiger partial charge in [0.2, 0.25) is 0 Å². The van der Waals surface area contributed by atoms with Gasteiger partial charge >= 0.3 is 0 Å². The average Bonchev–Trinajstić information content (AvgIpc) is 3.33. The summed E-state index contributed by atoms with van der Waals surface area (Å²) in [6.45, 7) is 3.76. The van der Waals surface area contributed by atoms with Crippen LogP contribution in [0.5, 0.6) is 0 Å². The molecule has 24 heavy (non-hydrogen) atoms. The first-order valence-corrected chi connectivity index (χ1v) is 8.92. The van der Waals surface area contributed by atoms with Crippen molar-refractivity contribution in [2.75, 3.05) is 6.61 Å². The molecule has 4 rings (SSSR count). The van der Waals surface area contributed by atoms with Crippen molar-refractivity contribution in [2.24, 2.45) is 5.92 Å². The van der Waals surface area contributed by atoms with Gasteiger partial charge in [0.05, 0.1) is 18.8 Å². The lowest BCUT2D eigenvalue weighted by molar-refractivity contribution is 0.00370. The van der Waals surface area contributed by atoms with Gasteiger partial charge in [-0.15, -0.1) is 5.10 Å². The summed E-state index contributed by atoms with van der Waals surface area (Å²) in [5.41, 5.74) is 4.30. The molecule has 1 aromatic carbocycles. The van der Waals surface area contributed by atoms with Crippen LogP contribution in [0.15, 0.2) is 24.4 Å². The number of aryl methyl sites for hydroxylation is 1. The van der Waals surface area contributed by atoms with Crippen molar-refractivity contribution in [1.29, 1.82) is 0 Å². The smallest absolute Gasteiger partial charge is 0.113 e. The molecule has 124 valence electrons.